The van der Waals surface area contributed by atoms with Gasteiger partial charge in [-0.15, -0.1) is 0 Å². The molecule has 3 aliphatic heterocycles. The molecule has 7 heteroatoms. The van der Waals surface area contributed by atoms with E-state index in [-0.39, 0.29) is 17.8 Å². The van der Waals surface area contributed by atoms with E-state index in [4.69, 9.17) is 4.98 Å². The van der Waals surface area contributed by atoms with Crippen molar-refractivity contribution < 1.29 is 9.18 Å². The molecule has 5 heterocycles. The van der Waals surface area contributed by atoms with E-state index in [9.17, 15) is 4.79 Å². The van der Waals surface area contributed by atoms with Gasteiger partial charge in [0.1, 0.15) is 5.82 Å². The SMILES string of the molecule is C[C@@H]1c2ccccc2CCN1C(=O)c1cc(N2CCCC2)c2nc(-c3ccc(N4CCCC4)cc3F)cn2c1. The first kappa shape index (κ1) is 24.2. The Morgan fingerprint density at radius 2 is 1.64 bits per heavy atom. The van der Waals surface area contributed by atoms with Crippen LogP contribution in [-0.4, -0.2) is 52.9 Å². The van der Waals surface area contributed by atoms with Gasteiger partial charge in [0.25, 0.3) is 5.91 Å². The van der Waals surface area contributed by atoms with E-state index < -0.39 is 0 Å². The molecule has 2 saturated heterocycles. The summed E-state index contributed by atoms with van der Waals surface area (Å²) in [4.78, 5) is 25.4. The zero-order valence-electron chi connectivity index (χ0n) is 22.4. The molecule has 0 N–H and O–H groups in total. The molecule has 4 aromatic rings. The maximum atomic E-state index is 15.4. The molecule has 1 atom stereocenters. The molecule has 0 radical (unpaired) electrons. The van der Waals surface area contributed by atoms with Crippen LogP contribution in [0.2, 0.25) is 0 Å². The van der Waals surface area contributed by atoms with Crippen LogP contribution in [0.1, 0.15) is 60.1 Å². The quantitative estimate of drug-likeness (QED) is 0.324. The minimum Gasteiger partial charge on any atom is -0.371 e. The Morgan fingerprint density at radius 3 is 2.41 bits per heavy atom. The van der Waals surface area contributed by atoms with Crippen molar-refractivity contribution in [1.29, 1.82) is 0 Å². The van der Waals surface area contributed by atoms with Gasteiger partial charge >= 0.3 is 0 Å². The maximum absolute atomic E-state index is 15.4. The molecule has 0 saturated carbocycles. The van der Waals surface area contributed by atoms with Crippen LogP contribution in [-0.2, 0) is 6.42 Å². The summed E-state index contributed by atoms with van der Waals surface area (Å²) in [7, 11) is 0. The first-order chi connectivity index (χ1) is 19.1. The van der Waals surface area contributed by atoms with Crippen molar-refractivity contribution in [1.82, 2.24) is 14.3 Å². The largest absolute Gasteiger partial charge is 0.371 e. The Bertz CT molecular complexity index is 1550. The van der Waals surface area contributed by atoms with E-state index in [2.05, 4.69) is 34.9 Å². The average molecular weight is 524 g/mol. The smallest absolute Gasteiger partial charge is 0.255 e. The number of nitrogens with zero attached hydrogens (tertiary/aromatic N) is 5. The lowest BCUT2D eigenvalue weighted by molar-refractivity contribution is 0.0677. The Morgan fingerprint density at radius 1 is 0.897 bits per heavy atom. The van der Waals surface area contributed by atoms with Crippen molar-refractivity contribution in [3.8, 4) is 11.3 Å². The highest BCUT2D eigenvalue weighted by molar-refractivity contribution is 5.96. The van der Waals surface area contributed by atoms with Gasteiger partial charge in [-0.1, -0.05) is 24.3 Å². The number of imidazole rings is 1. The first-order valence-corrected chi connectivity index (χ1v) is 14.3. The highest BCUT2D eigenvalue weighted by atomic mass is 19.1. The van der Waals surface area contributed by atoms with E-state index in [1.54, 1.807) is 6.07 Å². The van der Waals surface area contributed by atoms with Crippen molar-refractivity contribution >= 4 is 22.9 Å². The van der Waals surface area contributed by atoms with Crippen LogP contribution in [0.15, 0.2) is 60.9 Å². The van der Waals surface area contributed by atoms with E-state index in [0.29, 0.717) is 23.4 Å². The van der Waals surface area contributed by atoms with E-state index in [1.807, 2.05) is 46.0 Å². The van der Waals surface area contributed by atoms with Gasteiger partial charge in [0.05, 0.1) is 23.0 Å². The molecule has 1 amide bonds. The van der Waals surface area contributed by atoms with Crippen molar-refractivity contribution in [2.45, 2.75) is 45.1 Å². The summed E-state index contributed by atoms with van der Waals surface area (Å²) in [6.45, 7) is 6.62. The summed E-state index contributed by atoms with van der Waals surface area (Å²) < 4.78 is 17.3. The second-order valence-corrected chi connectivity index (χ2v) is 11.1. The second-order valence-electron chi connectivity index (χ2n) is 11.1. The summed E-state index contributed by atoms with van der Waals surface area (Å²) in [6.07, 6.45) is 9.13. The molecule has 200 valence electrons. The maximum Gasteiger partial charge on any atom is 0.255 e. The molecule has 0 aliphatic carbocycles. The summed E-state index contributed by atoms with van der Waals surface area (Å²) >= 11 is 0. The van der Waals surface area contributed by atoms with Gasteiger partial charge in [0.15, 0.2) is 5.65 Å². The molecule has 0 bridgehead atoms. The third kappa shape index (κ3) is 4.24. The molecule has 2 aromatic heterocycles. The van der Waals surface area contributed by atoms with Crippen molar-refractivity contribution in [3.63, 3.8) is 0 Å². The lowest BCUT2D eigenvalue weighted by Gasteiger charge is -2.35. The highest BCUT2D eigenvalue weighted by Gasteiger charge is 2.30. The van der Waals surface area contributed by atoms with Crippen LogP contribution in [0, 0.1) is 5.82 Å². The topological polar surface area (TPSA) is 44.1 Å². The Hall–Kier alpha value is -3.87. The molecule has 6 nitrogen and oxygen atoms in total. The zero-order valence-corrected chi connectivity index (χ0v) is 22.4. The van der Waals surface area contributed by atoms with E-state index in [0.717, 1.165) is 75.3 Å². The van der Waals surface area contributed by atoms with Gasteiger partial charge in [-0.05, 0) is 74.4 Å². The van der Waals surface area contributed by atoms with Crippen molar-refractivity contribution in [2.75, 3.05) is 42.5 Å². The fourth-order valence-corrected chi connectivity index (χ4v) is 6.62. The first-order valence-electron chi connectivity index (χ1n) is 14.3. The van der Waals surface area contributed by atoms with Crippen LogP contribution in [0.25, 0.3) is 16.9 Å². The van der Waals surface area contributed by atoms with Gasteiger partial charge in [0, 0.05) is 56.4 Å². The number of carbonyl (C=O) groups is 1. The zero-order chi connectivity index (χ0) is 26.5. The van der Waals surface area contributed by atoms with Gasteiger partial charge in [-0.2, -0.15) is 0 Å². The molecule has 0 spiro atoms. The van der Waals surface area contributed by atoms with Crippen LogP contribution in [0.5, 0.6) is 0 Å². The normalized spacial score (nSPS) is 19.2. The predicted molar refractivity (Wildman–Crippen MR) is 153 cm³/mol. The van der Waals surface area contributed by atoms with Gasteiger partial charge in [-0.3, -0.25) is 4.79 Å². The van der Waals surface area contributed by atoms with E-state index in [1.165, 1.54) is 11.1 Å². The van der Waals surface area contributed by atoms with Crippen molar-refractivity contribution in [2.24, 2.45) is 0 Å². The monoisotopic (exact) mass is 523 g/mol. The second kappa shape index (κ2) is 9.70. The predicted octanol–water partition coefficient (Wildman–Crippen LogP) is 6.10. The molecule has 2 aromatic carbocycles. The average Bonchev–Trinajstić information content (AvgIpc) is 3.74. The number of rotatable bonds is 4. The fraction of sp³-hybridized carbons (Fsp3) is 0.375. The molecule has 7 rings (SSSR count). The van der Waals surface area contributed by atoms with Gasteiger partial charge in [0.2, 0.25) is 0 Å². The molecule has 2 fully saturated rings. The molecular weight excluding hydrogens is 489 g/mol. The number of benzene rings is 2. The molecule has 3 aliphatic rings. The third-order valence-corrected chi connectivity index (χ3v) is 8.78. The summed E-state index contributed by atoms with van der Waals surface area (Å²) in [5, 5.41) is 0. The highest BCUT2D eigenvalue weighted by Crippen LogP contribution is 2.34. The number of hydrogen-bond donors (Lipinski definition) is 0. The molecule has 39 heavy (non-hydrogen) atoms. The van der Waals surface area contributed by atoms with E-state index >= 15 is 4.39 Å². The Labute approximate surface area is 228 Å². The standard InChI is InChI=1S/C32H34FN5O/c1-22-26-9-3-2-8-23(26)12-17-38(22)32(39)24-18-30(36-15-6-7-16-36)31-34-29(21-37(31)20-24)27-11-10-25(19-28(27)33)35-13-4-5-14-35/h2-3,8-11,18-22H,4-7,12-17H2,1H3/t22-/m1/s1. The number of fused-ring (bicyclic) bond motifs is 2. The lowest BCUT2D eigenvalue weighted by atomic mass is 9.93. The van der Waals surface area contributed by atoms with Crippen LogP contribution in [0.3, 0.4) is 0 Å². The Kier molecular flexibility index (Phi) is 6.02. The third-order valence-electron chi connectivity index (χ3n) is 8.78. The van der Waals surface area contributed by atoms with Gasteiger partial charge in [-0.25, -0.2) is 9.37 Å². The Balaban J connectivity index is 1.27. The minimum atomic E-state index is -0.261. The minimum absolute atomic E-state index is 0.00921. The number of pyridine rings is 1. The number of halogens is 1. The van der Waals surface area contributed by atoms with Crippen LogP contribution < -0.4 is 9.80 Å². The van der Waals surface area contributed by atoms with Gasteiger partial charge < -0.3 is 19.1 Å². The number of hydrogen-bond acceptors (Lipinski definition) is 4. The van der Waals surface area contributed by atoms with Crippen LogP contribution in [0.4, 0.5) is 15.8 Å². The number of carbonyl (C=O) groups excluding carboxylic acids is 1. The molecular formula is C32H34FN5O. The van der Waals surface area contributed by atoms with Crippen LogP contribution >= 0.6 is 0 Å². The number of anilines is 2. The molecule has 0 unspecified atom stereocenters. The fourth-order valence-electron chi connectivity index (χ4n) is 6.62. The van der Waals surface area contributed by atoms with Crippen molar-refractivity contribution in [3.05, 3.63) is 83.4 Å². The lowest BCUT2D eigenvalue weighted by Crippen LogP contribution is -2.39. The summed E-state index contributed by atoms with van der Waals surface area (Å²) in [5.74, 6) is -0.238. The summed E-state index contributed by atoms with van der Waals surface area (Å²) in [5.41, 5.74) is 6.90. The number of amides is 1. The summed E-state index contributed by atoms with van der Waals surface area (Å²) in [6, 6.07) is 15.9. The number of aromatic nitrogens is 2.